The van der Waals surface area contributed by atoms with Crippen molar-refractivity contribution < 1.29 is 14.3 Å². The second kappa shape index (κ2) is 3.99. The molecular weight excluding hydrogens is 246 g/mol. The van der Waals surface area contributed by atoms with Gasteiger partial charge in [0.05, 0.1) is 12.7 Å². The van der Waals surface area contributed by atoms with E-state index in [1.807, 2.05) is 12.1 Å². The summed E-state index contributed by atoms with van der Waals surface area (Å²) in [6, 6.07) is 8.44. The van der Waals surface area contributed by atoms with E-state index in [1.54, 1.807) is 18.2 Å². The highest BCUT2D eigenvalue weighted by atomic mass is 16.5. The van der Waals surface area contributed by atoms with Gasteiger partial charge >= 0.3 is 6.03 Å². The topological polar surface area (TPSA) is 82.4 Å². The van der Waals surface area contributed by atoms with Gasteiger partial charge in [-0.25, -0.2) is 9.69 Å². The van der Waals surface area contributed by atoms with Crippen LogP contribution >= 0.6 is 0 Å². The molecule has 1 saturated heterocycles. The van der Waals surface area contributed by atoms with Crippen LogP contribution in [0.1, 0.15) is 12.0 Å². The number of nitrogens with one attached hydrogen (secondary N) is 1. The number of carbonyl (C=O) groups excluding carboxylic acids is 2. The zero-order valence-corrected chi connectivity index (χ0v) is 10.0. The number of para-hydroxylation sites is 1. The fourth-order valence-electron chi connectivity index (χ4n) is 2.59. The van der Waals surface area contributed by atoms with Gasteiger partial charge in [-0.15, -0.1) is 0 Å². The third-order valence-corrected chi connectivity index (χ3v) is 3.49. The Hall–Kier alpha value is -2.55. The van der Waals surface area contributed by atoms with Crippen LogP contribution in [0.15, 0.2) is 24.3 Å². The second-order valence-corrected chi connectivity index (χ2v) is 4.48. The average molecular weight is 257 g/mol. The lowest BCUT2D eigenvalue weighted by Crippen LogP contribution is -2.47. The van der Waals surface area contributed by atoms with Gasteiger partial charge in [0.15, 0.2) is 5.54 Å². The average Bonchev–Trinajstić information content (AvgIpc) is 2.65. The Morgan fingerprint density at radius 1 is 1.42 bits per heavy atom. The molecule has 0 radical (unpaired) electrons. The van der Waals surface area contributed by atoms with Crippen LogP contribution < -0.4 is 10.1 Å². The molecule has 6 nitrogen and oxygen atoms in total. The van der Waals surface area contributed by atoms with Crippen molar-refractivity contribution in [2.45, 2.75) is 12.0 Å². The number of hydrogen-bond donors (Lipinski definition) is 1. The minimum absolute atomic E-state index is 0.241. The Morgan fingerprint density at radius 3 is 3.00 bits per heavy atom. The number of imide groups is 1. The smallest absolute Gasteiger partial charge is 0.326 e. The number of urea groups is 1. The number of ether oxygens (including phenoxy) is 1. The summed E-state index contributed by atoms with van der Waals surface area (Å²) in [5, 5.41) is 11.4. The van der Waals surface area contributed by atoms with Crippen LogP contribution in [0.5, 0.6) is 5.75 Å². The number of hydrogen-bond acceptors (Lipinski definition) is 4. The number of nitriles is 1. The Bertz CT molecular complexity index is 607. The molecule has 0 aromatic heterocycles. The summed E-state index contributed by atoms with van der Waals surface area (Å²) < 4.78 is 5.50. The number of carbonyl (C=O) groups is 2. The van der Waals surface area contributed by atoms with Gasteiger partial charge in [-0.1, -0.05) is 18.2 Å². The van der Waals surface area contributed by atoms with Crippen molar-refractivity contribution in [3.05, 3.63) is 29.8 Å². The van der Waals surface area contributed by atoms with Crippen LogP contribution in [0.3, 0.4) is 0 Å². The molecule has 2 aliphatic heterocycles. The van der Waals surface area contributed by atoms with Crippen molar-refractivity contribution in [2.24, 2.45) is 0 Å². The van der Waals surface area contributed by atoms with E-state index in [2.05, 4.69) is 5.32 Å². The molecule has 3 rings (SSSR count). The van der Waals surface area contributed by atoms with E-state index in [4.69, 9.17) is 10.00 Å². The molecule has 0 aliphatic carbocycles. The van der Waals surface area contributed by atoms with Gasteiger partial charge in [-0.2, -0.15) is 5.26 Å². The standard InChI is InChI=1S/C13H11N3O3/c14-6-7-16-11(17)13(15-12(16)18)5-8-19-10-4-2-1-3-9(10)13/h1-4H,5,7-8H2,(H,15,18)/t13-/m0/s1. The predicted molar refractivity (Wildman–Crippen MR) is 64.1 cm³/mol. The molecule has 1 atom stereocenters. The lowest BCUT2D eigenvalue weighted by atomic mass is 9.84. The van der Waals surface area contributed by atoms with Crippen molar-refractivity contribution in [1.82, 2.24) is 10.2 Å². The molecule has 2 aliphatic rings. The summed E-state index contributed by atoms with van der Waals surface area (Å²) in [6.07, 6.45) is 0.372. The molecule has 0 unspecified atom stereocenters. The van der Waals surface area contributed by atoms with Crippen molar-refractivity contribution >= 4 is 11.9 Å². The van der Waals surface area contributed by atoms with Crippen LogP contribution in [0, 0.1) is 11.3 Å². The molecule has 0 saturated carbocycles. The van der Waals surface area contributed by atoms with E-state index in [9.17, 15) is 9.59 Å². The molecule has 0 bridgehead atoms. The SMILES string of the molecule is N#CCN1C(=O)N[C@]2(CCOc3ccccc32)C1=O. The van der Waals surface area contributed by atoms with E-state index in [0.29, 0.717) is 24.3 Å². The van der Waals surface area contributed by atoms with E-state index in [-0.39, 0.29) is 12.5 Å². The number of benzene rings is 1. The summed E-state index contributed by atoms with van der Waals surface area (Å²) in [5.41, 5.74) is -0.428. The quantitative estimate of drug-likeness (QED) is 0.594. The van der Waals surface area contributed by atoms with Crippen molar-refractivity contribution in [3.63, 3.8) is 0 Å². The first kappa shape index (κ1) is 11.5. The number of amides is 3. The maximum Gasteiger partial charge on any atom is 0.326 e. The van der Waals surface area contributed by atoms with Crippen LogP contribution in [-0.2, 0) is 10.3 Å². The van der Waals surface area contributed by atoms with Crippen molar-refractivity contribution in [3.8, 4) is 11.8 Å². The number of rotatable bonds is 1. The van der Waals surface area contributed by atoms with Crippen LogP contribution in [0.2, 0.25) is 0 Å². The lowest BCUT2D eigenvalue weighted by Gasteiger charge is -2.32. The highest BCUT2D eigenvalue weighted by molar-refractivity contribution is 6.08. The molecule has 1 N–H and O–H groups in total. The second-order valence-electron chi connectivity index (χ2n) is 4.48. The summed E-state index contributed by atoms with van der Waals surface area (Å²) >= 11 is 0. The molecule has 1 spiro atoms. The molecule has 3 amide bonds. The Morgan fingerprint density at radius 2 is 2.21 bits per heavy atom. The summed E-state index contributed by atoms with van der Waals surface area (Å²) in [7, 11) is 0. The van der Waals surface area contributed by atoms with Crippen molar-refractivity contribution in [2.75, 3.05) is 13.2 Å². The number of fused-ring (bicyclic) bond motifs is 2. The molecule has 19 heavy (non-hydrogen) atoms. The molecule has 1 aromatic rings. The molecular formula is C13H11N3O3. The van der Waals surface area contributed by atoms with Crippen molar-refractivity contribution in [1.29, 1.82) is 5.26 Å². The highest BCUT2D eigenvalue weighted by Gasteiger charge is 2.54. The Labute approximate surface area is 109 Å². The van der Waals surface area contributed by atoms with Crippen LogP contribution in [-0.4, -0.2) is 30.0 Å². The van der Waals surface area contributed by atoms with Crippen LogP contribution in [0.25, 0.3) is 0 Å². The van der Waals surface area contributed by atoms with Gasteiger partial charge in [0.25, 0.3) is 5.91 Å². The first-order valence-electron chi connectivity index (χ1n) is 5.92. The minimum Gasteiger partial charge on any atom is -0.493 e. The van der Waals surface area contributed by atoms with Crippen LogP contribution in [0.4, 0.5) is 4.79 Å². The summed E-state index contributed by atoms with van der Waals surface area (Å²) in [6.45, 7) is 0.110. The fourth-order valence-corrected chi connectivity index (χ4v) is 2.59. The fraction of sp³-hybridized carbons (Fsp3) is 0.308. The number of nitrogens with zero attached hydrogens (tertiary/aromatic N) is 2. The van der Waals surface area contributed by atoms with Gasteiger partial charge in [-0.3, -0.25) is 4.79 Å². The first-order valence-corrected chi connectivity index (χ1v) is 5.92. The monoisotopic (exact) mass is 257 g/mol. The van der Waals surface area contributed by atoms with Gasteiger partial charge in [0.1, 0.15) is 12.3 Å². The van der Waals surface area contributed by atoms with E-state index < -0.39 is 11.6 Å². The van der Waals surface area contributed by atoms with E-state index >= 15 is 0 Å². The van der Waals surface area contributed by atoms with Gasteiger partial charge in [0.2, 0.25) is 0 Å². The molecule has 2 heterocycles. The largest absolute Gasteiger partial charge is 0.493 e. The third kappa shape index (κ3) is 1.48. The van der Waals surface area contributed by atoms with Gasteiger partial charge in [-0.05, 0) is 6.07 Å². The lowest BCUT2D eigenvalue weighted by molar-refractivity contribution is -0.132. The van der Waals surface area contributed by atoms with E-state index in [0.717, 1.165) is 4.90 Å². The predicted octanol–water partition coefficient (Wildman–Crippen LogP) is 0.740. The minimum atomic E-state index is -1.08. The Kier molecular flexibility index (Phi) is 2.42. The van der Waals surface area contributed by atoms with Gasteiger partial charge < -0.3 is 10.1 Å². The molecule has 96 valence electrons. The maximum absolute atomic E-state index is 12.5. The molecule has 1 aromatic carbocycles. The highest BCUT2D eigenvalue weighted by Crippen LogP contribution is 2.40. The molecule has 1 fully saturated rings. The first-order chi connectivity index (χ1) is 9.19. The normalized spacial score (nSPS) is 24.7. The third-order valence-electron chi connectivity index (χ3n) is 3.49. The maximum atomic E-state index is 12.5. The van der Waals surface area contributed by atoms with Gasteiger partial charge in [0, 0.05) is 12.0 Å². The van der Waals surface area contributed by atoms with E-state index in [1.165, 1.54) is 0 Å². The summed E-state index contributed by atoms with van der Waals surface area (Å²) in [4.78, 5) is 25.3. The Balaban J connectivity index is 2.09. The zero-order valence-electron chi connectivity index (χ0n) is 10.0. The summed E-state index contributed by atoms with van der Waals surface area (Å²) in [5.74, 6) is 0.219. The zero-order chi connectivity index (χ0) is 13.5. The molecule has 6 heteroatoms.